The molecule has 0 fully saturated rings. The second kappa shape index (κ2) is 5.04. The Hall–Kier alpha value is -1.22. The van der Waals surface area contributed by atoms with Gasteiger partial charge in [-0.05, 0) is 31.5 Å². The second-order valence-electron chi connectivity index (χ2n) is 6.51. The summed E-state index contributed by atoms with van der Waals surface area (Å²) in [7, 11) is 3.40. The molecule has 0 amide bonds. The van der Waals surface area contributed by atoms with Crippen LogP contribution in [0.15, 0.2) is 12.1 Å². The van der Waals surface area contributed by atoms with Crippen molar-refractivity contribution in [1.82, 2.24) is 0 Å². The number of ether oxygens (including phenoxy) is 2. The fourth-order valence-corrected chi connectivity index (χ4v) is 3.08. The molecule has 0 saturated carbocycles. The summed E-state index contributed by atoms with van der Waals surface area (Å²) in [5.41, 5.74) is 3.03. The Morgan fingerprint density at radius 1 is 1.16 bits per heavy atom. The lowest BCUT2D eigenvalue weighted by atomic mass is 9.80. The topological polar surface area (TPSA) is 35.1 Å². The van der Waals surface area contributed by atoms with Crippen molar-refractivity contribution in [3.8, 4) is 11.5 Å². The van der Waals surface area contributed by atoms with Crippen molar-refractivity contribution in [2.24, 2.45) is 5.92 Å². The fourth-order valence-electron chi connectivity index (χ4n) is 3.08. The van der Waals surface area contributed by atoms with E-state index < -0.39 is 0 Å². The summed E-state index contributed by atoms with van der Waals surface area (Å²) >= 11 is 0. The Balaban J connectivity index is 2.54. The van der Waals surface area contributed by atoms with E-state index >= 15 is 0 Å². The number of nitrogens with two attached hydrogens (primary N) is 1. The maximum absolute atomic E-state index is 5.44. The summed E-state index contributed by atoms with van der Waals surface area (Å²) < 4.78 is 10.9. The number of hydrogen-bond acceptors (Lipinski definition) is 2. The van der Waals surface area contributed by atoms with E-state index in [1.54, 1.807) is 14.2 Å². The predicted octanol–water partition coefficient (Wildman–Crippen LogP) is 2.30. The van der Waals surface area contributed by atoms with Gasteiger partial charge in [-0.3, -0.25) is 0 Å². The summed E-state index contributed by atoms with van der Waals surface area (Å²) in [6.45, 7) is 9.18. The molecule has 0 saturated heterocycles. The van der Waals surface area contributed by atoms with Gasteiger partial charge >= 0.3 is 0 Å². The van der Waals surface area contributed by atoms with Crippen molar-refractivity contribution < 1.29 is 14.8 Å². The average molecular weight is 264 g/mol. The zero-order valence-corrected chi connectivity index (χ0v) is 12.9. The highest BCUT2D eigenvalue weighted by Crippen LogP contribution is 2.37. The van der Waals surface area contributed by atoms with Crippen LogP contribution in [0, 0.1) is 5.92 Å². The van der Waals surface area contributed by atoms with Crippen molar-refractivity contribution in [3.63, 3.8) is 0 Å². The Morgan fingerprint density at radius 3 is 2.26 bits per heavy atom. The van der Waals surface area contributed by atoms with Crippen LogP contribution < -0.4 is 14.8 Å². The Morgan fingerprint density at radius 2 is 1.74 bits per heavy atom. The van der Waals surface area contributed by atoms with Gasteiger partial charge in [-0.1, -0.05) is 13.8 Å². The predicted molar refractivity (Wildman–Crippen MR) is 76.8 cm³/mol. The molecular formula is C16H26NO2+. The molecule has 1 aliphatic rings. The number of methoxy groups -OCH3 is 2. The van der Waals surface area contributed by atoms with Crippen LogP contribution in [0.4, 0.5) is 0 Å². The molecule has 0 spiro atoms. The molecule has 106 valence electrons. The van der Waals surface area contributed by atoms with Crippen LogP contribution >= 0.6 is 0 Å². The second-order valence-corrected chi connectivity index (χ2v) is 6.51. The maximum Gasteiger partial charge on any atom is 0.161 e. The molecule has 1 unspecified atom stereocenters. The summed E-state index contributed by atoms with van der Waals surface area (Å²) in [4.78, 5) is 0. The van der Waals surface area contributed by atoms with Gasteiger partial charge in [0.15, 0.2) is 11.5 Å². The summed E-state index contributed by atoms with van der Waals surface area (Å²) in [6.07, 6.45) is 1.06. The van der Waals surface area contributed by atoms with E-state index in [1.807, 2.05) is 0 Å². The van der Waals surface area contributed by atoms with Crippen LogP contribution in [0.2, 0.25) is 0 Å². The third kappa shape index (κ3) is 2.71. The van der Waals surface area contributed by atoms with Crippen LogP contribution in [-0.4, -0.2) is 19.8 Å². The Labute approximate surface area is 116 Å². The fraction of sp³-hybridized carbons (Fsp3) is 0.625. The van der Waals surface area contributed by atoms with E-state index in [2.05, 4.69) is 45.1 Å². The molecule has 1 aromatic carbocycles. The molecule has 3 nitrogen and oxygen atoms in total. The monoisotopic (exact) mass is 264 g/mol. The van der Waals surface area contributed by atoms with Gasteiger partial charge < -0.3 is 14.8 Å². The molecule has 3 heteroatoms. The zero-order chi connectivity index (χ0) is 14.2. The molecule has 1 aliphatic heterocycles. The number of benzene rings is 1. The molecule has 0 radical (unpaired) electrons. The van der Waals surface area contributed by atoms with Gasteiger partial charge in [-0.15, -0.1) is 0 Å². The summed E-state index contributed by atoms with van der Waals surface area (Å²) in [6, 6.07) is 4.79. The average Bonchev–Trinajstić information content (AvgIpc) is 2.35. The van der Waals surface area contributed by atoms with Crippen LogP contribution in [0.1, 0.15) is 44.9 Å². The van der Waals surface area contributed by atoms with E-state index in [0.717, 1.165) is 17.9 Å². The van der Waals surface area contributed by atoms with Crippen LogP contribution in [-0.2, 0) is 6.42 Å². The summed E-state index contributed by atoms with van der Waals surface area (Å²) in [5, 5.41) is 2.49. The van der Waals surface area contributed by atoms with Crippen molar-refractivity contribution in [2.75, 3.05) is 14.2 Å². The molecule has 2 rings (SSSR count). The van der Waals surface area contributed by atoms with Crippen molar-refractivity contribution in [3.05, 3.63) is 23.3 Å². The molecule has 1 atom stereocenters. The lowest BCUT2D eigenvalue weighted by molar-refractivity contribution is -0.765. The SMILES string of the molecule is COc1cc2c(cc1OC)C(C(C)C)[NH2+]C(C)(C)C2. The number of quaternary nitrogens is 1. The molecule has 2 N–H and O–H groups in total. The van der Waals surface area contributed by atoms with Gasteiger partial charge in [-0.2, -0.15) is 0 Å². The van der Waals surface area contributed by atoms with E-state index in [1.165, 1.54) is 11.1 Å². The first-order valence-electron chi connectivity index (χ1n) is 6.99. The van der Waals surface area contributed by atoms with Gasteiger partial charge in [0, 0.05) is 17.9 Å². The minimum atomic E-state index is 0.238. The smallest absolute Gasteiger partial charge is 0.161 e. The quantitative estimate of drug-likeness (QED) is 0.909. The molecule has 0 aliphatic carbocycles. The first-order chi connectivity index (χ1) is 8.88. The minimum absolute atomic E-state index is 0.238. The van der Waals surface area contributed by atoms with Gasteiger partial charge in [-0.25, -0.2) is 0 Å². The molecule has 0 aromatic heterocycles. The first-order valence-corrected chi connectivity index (χ1v) is 6.99. The summed E-state index contributed by atoms with van der Waals surface area (Å²) in [5.74, 6) is 2.26. The molecular weight excluding hydrogens is 238 g/mol. The van der Waals surface area contributed by atoms with Gasteiger partial charge in [0.1, 0.15) is 6.04 Å². The molecule has 1 heterocycles. The zero-order valence-electron chi connectivity index (χ0n) is 12.9. The number of rotatable bonds is 3. The van der Waals surface area contributed by atoms with Crippen molar-refractivity contribution in [1.29, 1.82) is 0 Å². The molecule has 0 bridgehead atoms. The van der Waals surface area contributed by atoms with E-state index in [4.69, 9.17) is 9.47 Å². The van der Waals surface area contributed by atoms with Crippen LogP contribution in [0.3, 0.4) is 0 Å². The Bertz CT molecular complexity index is 466. The number of hydrogen-bond donors (Lipinski definition) is 1. The minimum Gasteiger partial charge on any atom is -0.493 e. The van der Waals surface area contributed by atoms with Gasteiger partial charge in [0.25, 0.3) is 0 Å². The number of fused-ring (bicyclic) bond motifs is 1. The first kappa shape index (κ1) is 14.2. The lowest BCUT2D eigenvalue weighted by Gasteiger charge is -2.37. The highest BCUT2D eigenvalue weighted by Gasteiger charge is 2.37. The largest absolute Gasteiger partial charge is 0.493 e. The lowest BCUT2D eigenvalue weighted by Crippen LogP contribution is -2.98. The maximum atomic E-state index is 5.44. The van der Waals surface area contributed by atoms with Crippen LogP contribution in [0.25, 0.3) is 0 Å². The molecule has 1 aromatic rings. The normalized spacial score (nSPS) is 21.1. The molecule has 19 heavy (non-hydrogen) atoms. The van der Waals surface area contributed by atoms with Gasteiger partial charge in [0.05, 0.1) is 19.8 Å². The van der Waals surface area contributed by atoms with Gasteiger partial charge in [0.2, 0.25) is 0 Å². The van der Waals surface area contributed by atoms with Crippen molar-refractivity contribution >= 4 is 0 Å². The van der Waals surface area contributed by atoms with E-state index in [-0.39, 0.29) is 5.54 Å². The Kier molecular flexibility index (Phi) is 3.77. The third-order valence-corrected chi connectivity index (χ3v) is 4.00. The standard InChI is InChI=1S/C16H25NO2/c1-10(2)15-12-8-14(19-6)13(18-5)7-11(12)9-16(3,4)17-15/h7-8,10,15,17H,9H2,1-6H3/p+1. The van der Waals surface area contributed by atoms with Crippen LogP contribution in [0.5, 0.6) is 11.5 Å². The van der Waals surface area contributed by atoms with Crippen molar-refractivity contribution in [2.45, 2.75) is 45.7 Å². The third-order valence-electron chi connectivity index (χ3n) is 4.00. The van der Waals surface area contributed by atoms with E-state index in [0.29, 0.717) is 12.0 Å². The van der Waals surface area contributed by atoms with E-state index in [9.17, 15) is 0 Å². The highest BCUT2D eigenvalue weighted by atomic mass is 16.5. The highest BCUT2D eigenvalue weighted by molar-refractivity contribution is 5.49.